The normalized spacial score (nSPS) is 19.1. The van der Waals surface area contributed by atoms with Crippen molar-refractivity contribution in [1.29, 1.82) is 0 Å². The standard InChI is InChI=1S/C21H28FN3O/c1-15(2)17-7-5-6-8-18(17)19-14-25(10-9-24(19)3)13-16-11-20(22)23-21(12-16)26-4/h5-8,11-12,15,19H,9-10,13-14H2,1-4H3. The molecular weight excluding hydrogens is 329 g/mol. The van der Waals surface area contributed by atoms with Gasteiger partial charge in [0.15, 0.2) is 0 Å². The van der Waals surface area contributed by atoms with E-state index in [-0.39, 0.29) is 0 Å². The fourth-order valence-corrected chi connectivity index (χ4v) is 3.73. The van der Waals surface area contributed by atoms with Crippen molar-refractivity contribution in [3.05, 3.63) is 59.0 Å². The van der Waals surface area contributed by atoms with E-state index in [1.54, 1.807) is 0 Å². The molecule has 140 valence electrons. The number of halogens is 1. The van der Waals surface area contributed by atoms with E-state index in [4.69, 9.17) is 4.74 Å². The van der Waals surface area contributed by atoms with Crippen LogP contribution in [0, 0.1) is 5.95 Å². The molecule has 1 saturated heterocycles. The van der Waals surface area contributed by atoms with Gasteiger partial charge in [-0.1, -0.05) is 38.1 Å². The number of rotatable bonds is 5. The Morgan fingerprint density at radius 2 is 2.00 bits per heavy atom. The zero-order chi connectivity index (χ0) is 18.7. The summed E-state index contributed by atoms with van der Waals surface area (Å²) in [6, 6.07) is 12.4. The van der Waals surface area contributed by atoms with E-state index in [9.17, 15) is 4.39 Å². The van der Waals surface area contributed by atoms with Crippen molar-refractivity contribution in [3.63, 3.8) is 0 Å². The predicted molar refractivity (Wildman–Crippen MR) is 102 cm³/mol. The third-order valence-electron chi connectivity index (χ3n) is 5.15. The van der Waals surface area contributed by atoms with Crippen LogP contribution < -0.4 is 4.74 Å². The van der Waals surface area contributed by atoms with Gasteiger partial charge in [0, 0.05) is 38.3 Å². The van der Waals surface area contributed by atoms with Crippen LogP contribution in [0.4, 0.5) is 4.39 Å². The Labute approximate surface area is 155 Å². The summed E-state index contributed by atoms with van der Waals surface area (Å²) < 4.78 is 18.8. The number of piperazine rings is 1. The molecule has 0 radical (unpaired) electrons. The fraction of sp³-hybridized carbons (Fsp3) is 0.476. The maximum atomic E-state index is 13.7. The minimum Gasteiger partial charge on any atom is -0.481 e. The molecular formula is C21H28FN3O. The first-order valence-electron chi connectivity index (χ1n) is 9.19. The average Bonchev–Trinajstić information content (AvgIpc) is 2.62. The topological polar surface area (TPSA) is 28.6 Å². The van der Waals surface area contributed by atoms with Crippen LogP contribution in [0.3, 0.4) is 0 Å². The Morgan fingerprint density at radius 1 is 1.23 bits per heavy atom. The second-order valence-corrected chi connectivity index (χ2v) is 7.36. The summed E-state index contributed by atoms with van der Waals surface area (Å²) in [5.41, 5.74) is 3.70. The molecule has 1 aromatic heterocycles. The molecule has 1 unspecified atom stereocenters. The fourth-order valence-electron chi connectivity index (χ4n) is 3.73. The molecule has 1 fully saturated rings. The van der Waals surface area contributed by atoms with Gasteiger partial charge in [0.2, 0.25) is 11.8 Å². The predicted octanol–water partition coefficient (Wildman–Crippen LogP) is 3.84. The number of hydrogen-bond donors (Lipinski definition) is 0. The molecule has 0 spiro atoms. The van der Waals surface area contributed by atoms with Gasteiger partial charge in [-0.3, -0.25) is 9.80 Å². The highest BCUT2D eigenvalue weighted by molar-refractivity contribution is 5.33. The summed E-state index contributed by atoms with van der Waals surface area (Å²) >= 11 is 0. The van der Waals surface area contributed by atoms with Crippen LogP contribution in [0.25, 0.3) is 0 Å². The monoisotopic (exact) mass is 357 g/mol. The zero-order valence-electron chi connectivity index (χ0n) is 16.1. The van der Waals surface area contributed by atoms with E-state index in [2.05, 4.69) is 59.9 Å². The lowest BCUT2D eigenvalue weighted by atomic mass is 9.91. The van der Waals surface area contributed by atoms with Crippen molar-refractivity contribution < 1.29 is 9.13 Å². The van der Waals surface area contributed by atoms with Crippen molar-refractivity contribution in [2.75, 3.05) is 33.8 Å². The lowest BCUT2D eigenvalue weighted by Gasteiger charge is -2.40. The van der Waals surface area contributed by atoms with Crippen LogP contribution in [-0.4, -0.2) is 48.6 Å². The smallest absolute Gasteiger partial charge is 0.216 e. The number of aromatic nitrogens is 1. The molecule has 1 atom stereocenters. The molecule has 0 bridgehead atoms. The number of ether oxygens (including phenoxy) is 1. The Bertz CT molecular complexity index is 750. The van der Waals surface area contributed by atoms with Crippen molar-refractivity contribution in [1.82, 2.24) is 14.8 Å². The Kier molecular flexibility index (Phi) is 5.89. The van der Waals surface area contributed by atoms with E-state index in [0.29, 0.717) is 24.4 Å². The quantitative estimate of drug-likeness (QED) is 0.760. The summed E-state index contributed by atoms with van der Waals surface area (Å²) in [7, 11) is 3.70. The van der Waals surface area contributed by atoms with E-state index in [0.717, 1.165) is 25.2 Å². The number of likely N-dealkylation sites (N-methyl/N-ethyl adjacent to an activating group) is 1. The van der Waals surface area contributed by atoms with Crippen molar-refractivity contribution >= 4 is 0 Å². The summed E-state index contributed by atoms with van der Waals surface area (Å²) in [4.78, 5) is 8.54. The zero-order valence-corrected chi connectivity index (χ0v) is 16.1. The van der Waals surface area contributed by atoms with Gasteiger partial charge in [0.1, 0.15) is 0 Å². The van der Waals surface area contributed by atoms with Crippen LogP contribution in [-0.2, 0) is 6.54 Å². The molecule has 3 rings (SSSR count). The minimum atomic E-state index is -0.491. The third kappa shape index (κ3) is 4.22. The molecule has 0 amide bonds. The largest absolute Gasteiger partial charge is 0.481 e. The van der Waals surface area contributed by atoms with Crippen LogP contribution in [0.5, 0.6) is 5.88 Å². The second kappa shape index (κ2) is 8.14. The highest BCUT2D eigenvalue weighted by atomic mass is 19.1. The van der Waals surface area contributed by atoms with Gasteiger partial charge < -0.3 is 4.74 Å². The molecule has 1 aliphatic rings. The van der Waals surface area contributed by atoms with Gasteiger partial charge in [0.25, 0.3) is 0 Å². The Hall–Kier alpha value is -1.98. The van der Waals surface area contributed by atoms with Gasteiger partial charge in [-0.15, -0.1) is 0 Å². The van der Waals surface area contributed by atoms with Crippen LogP contribution >= 0.6 is 0 Å². The van der Waals surface area contributed by atoms with Crippen LogP contribution in [0.15, 0.2) is 36.4 Å². The van der Waals surface area contributed by atoms with Gasteiger partial charge in [-0.05, 0) is 35.7 Å². The molecule has 0 saturated carbocycles. The lowest BCUT2D eigenvalue weighted by Crippen LogP contribution is -2.46. The van der Waals surface area contributed by atoms with Gasteiger partial charge in [-0.25, -0.2) is 0 Å². The number of hydrogen-bond acceptors (Lipinski definition) is 4. The molecule has 0 aliphatic carbocycles. The van der Waals surface area contributed by atoms with Crippen molar-refractivity contribution in [2.24, 2.45) is 0 Å². The molecule has 26 heavy (non-hydrogen) atoms. The lowest BCUT2D eigenvalue weighted by molar-refractivity contribution is 0.0897. The summed E-state index contributed by atoms with van der Waals surface area (Å²) in [5, 5.41) is 0. The molecule has 0 N–H and O–H groups in total. The third-order valence-corrected chi connectivity index (χ3v) is 5.15. The van der Waals surface area contributed by atoms with Crippen LogP contribution in [0.1, 0.15) is 42.5 Å². The first kappa shape index (κ1) is 18.8. The summed E-state index contributed by atoms with van der Waals surface area (Å²) in [6.45, 7) is 8.05. The van der Waals surface area contributed by atoms with Gasteiger partial charge in [-0.2, -0.15) is 9.37 Å². The maximum absolute atomic E-state index is 13.7. The second-order valence-electron chi connectivity index (χ2n) is 7.36. The molecule has 2 aromatic rings. The van der Waals surface area contributed by atoms with E-state index in [1.165, 1.54) is 24.3 Å². The number of benzene rings is 1. The van der Waals surface area contributed by atoms with Crippen molar-refractivity contribution in [3.8, 4) is 5.88 Å². The highest BCUT2D eigenvalue weighted by Crippen LogP contribution is 2.31. The Balaban J connectivity index is 1.80. The summed E-state index contributed by atoms with van der Waals surface area (Å²) in [6.07, 6.45) is 0. The van der Waals surface area contributed by atoms with E-state index < -0.39 is 5.95 Å². The summed E-state index contributed by atoms with van der Waals surface area (Å²) in [5.74, 6) is 0.333. The van der Waals surface area contributed by atoms with Crippen LogP contribution in [0.2, 0.25) is 0 Å². The molecule has 1 aromatic carbocycles. The molecule has 4 nitrogen and oxygen atoms in total. The van der Waals surface area contributed by atoms with E-state index >= 15 is 0 Å². The molecule has 5 heteroatoms. The first-order valence-corrected chi connectivity index (χ1v) is 9.19. The van der Waals surface area contributed by atoms with E-state index in [1.807, 2.05) is 6.07 Å². The highest BCUT2D eigenvalue weighted by Gasteiger charge is 2.27. The van der Waals surface area contributed by atoms with Gasteiger partial charge in [0.05, 0.1) is 7.11 Å². The maximum Gasteiger partial charge on any atom is 0.216 e. The molecule has 2 heterocycles. The average molecular weight is 357 g/mol. The number of pyridine rings is 1. The Morgan fingerprint density at radius 3 is 2.73 bits per heavy atom. The minimum absolute atomic E-state index is 0.329. The SMILES string of the molecule is COc1cc(CN2CCN(C)C(c3ccccc3C(C)C)C2)cc(F)n1. The number of methoxy groups -OCH3 is 1. The van der Waals surface area contributed by atoms with Gasteiger partial charge >= 0.3 is 0 Å². The number of nitrogens with zero attached hydrogens (tertiary/aromatic N) is 3. The first-order chi connectivity index (χ1) is 12.5. The van der Waals surface area contributed by atoms with Crippen molar-refractivity contribution in [2.45, 2.75) is 32.4 Å². The molecule has 1 aliphatic heterocycles.